The lowest BCUT2D eigenvalue weighted by Crippen LogP contribution is -2.33. The standard InChI is InChI=1S/C11H20N4/c1-10-9-11(14-13-10)12-5-8-15-6-3-2-4-7-15/h9H,2-8H2,1H3,(H2,12,13,14). The molecule has 1 aliphatic rings. The molecule has 2 N–H and O–H groups in total. The number of hydrogen-bond acceptors (Lipinski definition) is 3. The molecule has 0 radical (unpaired) electrons. The predicted molar refractivity (Wildman–Crippen MR) is 62.1 cm³/mol. The van der Waals surface area contributed by atoms with E-state index in [2.05, 4.69) is 20.4 Å². The summed E-state index contributed by atoms with van der Waals surface area (Å²) in [5, 5.41) is 10.4. The Morgan fingerprint density at radius 2 is 2.20 bits per heavy atom. The van der Waals surface area contributed by atoms with E-state index in [4.69, 9.17) is 0 Å². The molecule has 2 heterocycles. The third-order valence-electron chi connectivity index (χ3n) is 2.89. The van der Waals surface area contributed by atoms with Gasteiger partial charge in [0.15, 0.2) is 0 Å². The van der Waals surface area contributed by atoms with Crippen LogP contribution in [0.25, 0.3) is 0 Å². The highest BCUT2D eigenvalue weighted by Gasteiger charge is 2.08. The minimum absolute atomic E-state index is 0.963. The van der Waals surface area contributed by atoms with Crippen molar-refractivity contribution in [2.45, 2.75) is 26.2 Å². The molecule has 1 aromatic rings. The fraction of sp³-hybridized carbons (Fsp3) is 0.727. The van der Waals surface area contributed by atoms with E-state index in [0.29, 0.717) is 0 Å². The maximum absolute atomic E-state index is 4.14. The van der Waals surface area contributed by atoms with Crippen LogP contribution in [-0.2, 0) is 0 Å². The fourth-order valence-electron chi connectivity index (χ4n) is 2.03. The Kier molecular flexibility index (Phi) is 3.61. The normalized spacial score (nSPS) is 17.9. The van der Waals surface area contributed by atoms with Crippen molar-refractivity contribution in [2.24, 2.45) is 0 Å². The lowest BCUT2D eigenvalue weighted by molar-refractivity contribution is 0.237. The molecule has 0 aliphatic carbocycles. The number of likely N-dealkylation sites (tertiary alicyclic amines) is 1. The number of anilines is 1. The largest absolute Gasteiger partial charge is 0.367 e. The zero-order chi connectivity index (χ0) is 10.5. The highest BCUT2D eigenvalue weighted by Crippen LogP contribution is 2.08. The van der Waals surface area contributed by atoms with Crippen molar-refractivity contribution in [3.63, 3.8) is 0 Å². The molecule has 0 aromatic carbocycles. The highest BCUT2D eigenvalue weighted by molar-refractivity contribution is 5.34. The van der Waals surface area contributed by atoms with Crippen molar-refractivity contribution in [3.05, 3.63) is 11.8 Å². The number of piperidine rings is 1. The van der Waals surface area contributed by atoms with Crippen LogP contribution < -0.4 is 5.32 Å². The van der Waals surface area contributed by atoms with Crippen LogP contribution in [-0.4, -0.2) is 41.3 Å². The Balaban J connectivity index is 1.65. The van der Waals surface area contributed by atoms with Crippen LogP contribution in [0.15, 0.2) is 6.07 Å². The first-order chi connectivity index (χ1) is 7.34. The number of nitrogens with one attached hydrogen (secondary N) is 2. The zero-order valence-electron chi connectivity index (χ0n) is 9.42. The molecule has 2 rings (SSSR count). The monoisotopic (exact) mass is 208 g/mol. The molecule has 0 spiro atoms. The average Bonchev–Trinajstić information content (AvgIpc) is 2.66. The molecule has 0 saturated carbocycles. The van der Waals surface area contributed by atoms with E-state index < -0.39 is 0 Å². The van der Waals surface area contributed by atoms with E-state index in [1.165, 1.54) is 32.4 Å². The molecule has 0 unspecified atom stereocenters. The van der Waals surface area contributed by atoms with Crippen molar-refractivity contribution < 1.29 is 0 Å². The second-order valence-electron chi connectivity index (χ2n) is 4.27. The van der Waals surface area contributed by atoms with Crippen LogP contribution in [0.4, 0.5) is 5.82 Å². The van der Waals surface area contributed by atoms with Gasteiger partial charge in [-0.2, -0.15) is 5.10 Å². The topological polar surface area (TPSA) is 44.0 Å². The Labute approximate surface area is 91.1 Å². The summed E-state index contributed by atoms with van der Waals surface area (Å²) >= 11 is 0. The van der Waals surface area contributed by atoms with E-state index in [9.17, 15) is 0 Å². The summed E-state index contributed by atoms with van der Waals surface area (Å²) in [4.78, 5) is 2.52. The molecule has 1 saturated heterocycles. The molecule has 4 nitrogen and oxygen atoms in total. The Bertz CT molecular complexity index is 289. The molecule has 1 fully saturated rings. The first-order valence-corrected chi connectivity index (χ1v) is 5.83. The first kappa shape index (κ1) is 10.5. The summed E-state index contributed by atoms with van der Waals surface area (Å²) in [6.07, 6.45) is 4.13. The Morgan fingerprint density at radius 1 is 1.40 bits per heavy atom. The van der Waals surface area contributed by atoms with E-state index in [1.54, 1.807) is 0 Å². The maximum Gasteiger partial charge on any atom is 0.148 e. The lowest BCUT2D eigenvalue weighted by atomic mass is 10.1. The van der Waals surface area contributed by atoms with E-state index in [-0.39, 0.29) is 0 Å². The van der Waals surface area contributed by atoms with Gasteiger partial charge in [-0.05, 0) is 32.9 Å². The van der Waals surface area contributed by atoms with Crippen molar-refractivity contribution in [1.82, 2.24) is 15.1 Å². The number of aromatic amines is 1. The van der Waals surface area contributed by atoms with Crippen LogP contribution in [0.3, 0.4) is 0 Å². The van der Waals surface area contributed by atoms with Gasteiger partial charge < -0.3 is 10.2 Å². The van der Waals surface area contributed by atoms with Crippen LogP contribution in [0, 0.1) is 6.92 Å². The maximum atomic E-state index is 4.14. The van der Waals surface area contributed by atoms with Crippen molar-refractivity contribution >= 4 is 5.82 Å². The van der Waals surface area contributed by atoms with Gasteiger partial charge in [0.2, 0.25) is 0 Å². The summed E-state index contributed by atoms with van der Waals surface area (Å²) in [6, 6.07) is 2.04. The van der Waals surface area contributed by atoms with Crippen molar-refractivity contribution in [3.8, 4) is 0 Å². The van der Waals surface area contributed by atoms with Crippen molar-refractivity contribution in [1.29, 1.82) is 0 Å². The van der Waals surface area contributed by atoms with Gasteiger partial charge in [-0.3, -0.25) is 5.10 Å². The molecule has 84 valence electrons. The molecule has 0 bridgehead atoms. The van der Waals surface area contributed by atoms with Crippen molar-refractivity contribution in [2.75, 3.05) is 31.5 Å². The second kappa shape index (κ2) is 5.16. The molecular weight excluding hydrogens is 188 g/mol. The van der Waals surface area contributed by atoms with E-state index in [1.807, 2.05) is 13.0 Å². The van der Waals surface area contributed by atoms with Crippen LogP contribution >= 0.6 is 0 Å². The van der Waals surface area contributed by atoms with Gasteiger partial charge >= 0.3 is 0 Å². The predicted octanol–water partition coefficient (Wildman–Crippen LogP) is 1.62. The molecule has 0 atom stereocenters. The third-order valence-corrected chi connectivity index (χ3v) is 2.89. The van der Waals surface area contributed by atoms with E-state index >= 15 is 0 Å². The first-order valence-electron chi connectivity index (χ1n) is 5.83. The molecule has 1 aliphatic heterocycles. The summed E-state index contributed by atoms with van der Waals surface area (Å²) in [7, 11) is 0. The SMILES string of the molecule is Cc1cc(NCCN2CCCCC2)n[nH]1. The quantitative estimate of drug-likeness (QED) is 0.790. The van der Waals surface area contributed by atoms with Gasteiger partial charge in [-0.15, -0.1) is 0 Å². The van der Waals surface area contributed by atoms with Gasteiger partial charge in [-0.25, -0.2) is 0 Å². The van der Waals surface area contributed by atoms with Gasteiger partial charge in [0.25, 0.3) is 0 Å². The molecule has 4 heteroatoms. The van der Waals surface area contributed by atoms with Crippen LogP contribution in [0.5, 0.6) is 0 Å². The molecule has 15 heavy (non-hydrogen) atoms. The average molecular weight is 208 g/mol. The number of rotatable bonds is 4. The molecular formula is C11H20N4. The van der Waals surface area contributed by atoms with Gasteiger partial charge in [0, 0.05) is 24.8 Å². The minimum atomic E-state index is 0.963. The number of hydrogen-bond donors (Lipinski definition) is 2. The number of aryl methyl sites for hydroxylation is 1. The third kappa shape index (κ3) is 3.23. The molecule has 1 aromatic heterocycles. The van der Waals surface area contributed by atoms with E-state index in [0.717, 1.165) is 24.6 Å². The summed E-state index contributed by atoms with van der Waals surface area (Å²) in [5.74, 6) is 0.963. The number of H-pyrrole nitrogens is 1. The molecule has 0 amide bonds. The Morgan fingerprint density at radius 3 is 2.87 bits per heavy atom. The zero-order valence-corrected chi connectivity index (χ0v) is 9.42. The second-order valence-corrected chi connectivity index (χ2v) is 4.27. The van der Waals surface area contributed by atoms with Gasteiger partial charge in [0.05, 0.1) is 0 Å². The van der Waals surface area contributed by atoms with Gasteiger partial charge in [-0.1, -0.05) is 6.42 Å². The number of aromatic nitrogens is 2. The minimum Gasteiger partial charge on any atom is -0.367 e. The van der Waals surface area contributed by atoms with Gasteiger partial charge in [0.1, 0.15) is 5.82 Å². The summed E-state index contributed by atoms with van der Waals surface area (Å²) in [5.41, 5.74) is 1.11. The number of nitrogens with zero attached hydrogens (tertiary/aromatic N) is 2. The highest BCUT2D eigenvalue weighted by atomic mass is 15.2. The van der Waals surface area contributed by atoms with Crippen LogP contribution in [0.1, 0.15) is 25.0 Å². The fourth-order valence-corrected chi connectivity index (χ4v) is 2.03. The summed E-state index contributed by atoms with van der Waals surface area (Å²) in [6.45, 7) is 6.67. The lowest BCUT2D eigenvalue weighted by Gasteiger charge is -2.26. The Hall–Kier alpha value is -1.03. The van der Waals surface area contributed by atoms with Crippen LogP contribution in [0.2, 0.25) is 0 Å². The smallest absolute Gasteiger partial charge is 0.148 e. The summed E-state index contributed by atoms with van der Waals surface area (Å²) < 4.78 is 0.